The molecule has 312 valence electrons. The van der Waals surface area contributed by atoms with Gasteiger partial charge in [-0.2, -0.15) is 0 Å². The fraction of sp³-hybridized carbons (Fsp3) is 0.444. The van der Waals surface area contributed by atoms with Gasteiger partial charge in [0, 0.05) is 30.7 Å². The number of ether oxygens (including phenoxy) is 4. The number of rotatable bonds is 9. The summed E-state index contributed by atoms with van der Waals surface area (Å²) in [5.74, 6) is -5.89. The van der Waals surface area contributed by atoms with Crippen molar-refractivity contribution in [3.63, 3.8) is 0 Å². The van der Waals surface area contributed by atoms with Crippen LogP contribution in [0, 0.1) is 16.7 Å². The molecule has 5 N–H and O–H groups in total. The van der Waals surface area contributed by atoms with E-state index in [1.165, 1.54) is 26.0 Å². The minimum Gasteiger partial charge on any atom is -0.456 e. The molecule has 3 aromatic rings. The standard InChI is InChI=1S/C45H49NO13/c1-24-29(57-41(54)35(50)33(26-15-9-6-10-16-26)46-39(52)27-17-11-7-12-18-27)22-45(55)38(58-40(53)28-19-13-8-14-20-28)36-43(5,37(51)34(49)32(24)42(45,3)4)30(48)21-31-44(36,23-56-31)59-25(2)47/h6-20,29-31,33-36,38,48-50,55H,21-23H2,1-5H3,(H,46,52)/t29-,30+,31+,33+,34-,35+,36-,38-,43+,44-,45+/m0/s1. The lowest BCUT2D eigenvalue weighted by molar-refractivity contribution is -0.346. The highest BCUT2D eigenvalue weighted by Gasteiger charge is 2.78. The average Bonchev–Trinajstić information content (AvgIpc) is 3.21. The third kappa shape index (κ3) is 6.76. The summed E-state index contributed by atoms with van der Waals surface area (Å²) in [5, 5.41) is 51.9. The second-order valence-electron chi connectivity index (χ2n) is 16.8. The molecule has 59 heavy (non-hydrogen) atoms. The van der Waals surface area contributed by atoms with Gasteiger partial charge in [-0.15, -0.1) is 0 Å². The monoisotopic (exact) mass is 811 g/mol. The first-order valence-electron chi connectivity index (χ1n) is 19.6. The lowest BCUT2D eigenvalue weighted by Crippen LogP contribution is -2.81. The molecule has 0 radical (unpaired) electrons. The zero-order valence-electron chi connectivity index (χ0n) is 33.4. The van der Waals surface area contributed by atoms with Gasteiger partial charge in [0.1, 0.15) is 30.0 Å². The summed E-state index contributed by atoms with van der Waals surface area (Å²) in [5.41, 5.74) is -6.86. The lowest BCUT2D eigenvalue weighted by atomic mass is 9.44. The maximum absolute atomic E-state index is 15.0. The molecule has 0 spiro atoms. The van der Waals surface area contributed by atoms with Gasteiger partial charge >= 0.3 is 17.9 Å². The Balaban J connectivity index is 1.34. The van der Waals surface area contributed by atoms with Crippen LogP contribution in [0.1, 0.15) is 79.8 Å². The van der Waals surface area contributed by atoms with Gasteiger partial charge in [0.15, 0.2) is 17.5 Å². The number of fused-ring (bicyclic) bond motifs is 5. The van der Waals surface area contributed by atoms with E-state index in [0.29, 0.717) is 5.56 Å². The number of benzene rings is 3. The van der Waals surface area contributed by atoms with Gasteiger partial charge < -0.3 is 44.7 Å². The first kappa shape index (κ1) is 41.9. The van der Waals surface area contributed by atoms with Crippen molar-refractivity contribution >= 4 is 29.6 Å². The molecule has 7 rings (SSSR count). The summed E-state index contributed by atoms with van der Waals surface area (Å²) in [7, 11) is 0. The van der Waals surface area contributed by atoms with E-state index in [1.807, 2.05) is 0 Å². The minimum atomic E-state index is -2.35. The van der Waals surface area contributed by atoms with Crippen molar-refractivity contribution in [3.05, 3.63) is 119 Å². The van der Waals surface area contributed by atoms with Crippen LogP contribution in [-0.2, 0) is 33.3 Å². The quantitative estimate of drug-likeness (QED) is 0.120. The second-order valence-corrected chi connectivity index (χ2v) is 16.8. The molecule has 11 atom stereocenters. The number of carbonyl (C=O) groups excluding carboxylic acids is 5. The van der Waals surface area contributed by atoms with Crippen LogP contribution < -0.4 is 5.32 Å². The van der Waals surface area contributed by atoms with Crippen molar-refractivity contribution in [1.29, 1.82) is 0 Å². The molecule has 2 saturated carbocycles. The SMILES string of the molecule is CC(=O)O[C@@]12CO[C@@H]1C[C@@H](O)[C@@]1(C)C(=O)[C@@H](O)C3=C(C)[C@@H](OC(=O)[C@H](O)[C@H](NC(=O)c4ccccc4)c4ccccc4)C[C@@](O)([C@@H](OC(=O)c4ccccc4)[C@H]21)C3(C)C. The Morgan fingerprint density at radius 1 is 0.864 bits per heavy atom. The van der Waals surface area contributed by atoms with E-state index in [0.717, 1.165) is 6.92 Å². The number of esters is 3. The summed E-state index contributed by atoms with van der Waals surface area (Å²) in [6.07, 6.45) is -10.5. The smallest absolute Gasteiger partial charge is 0.338 e. The average molecular weight is 812 g/mol. The number of carbonyl (C=O) groups is 5. The van der Waals surface area contributed by atoms with Gasteiger partial charge in [-0.3, -0.25) is 14.4 Å². The summed E-state index contributed by atoms with van der Waals surface area (Å²) in [6.45, 7) is 6.89. The summed E-state index contributed by atoms with van der Waals surface area (Å²) in [6, 6.07) is 23.1. The molecule has 1 aliphatic heterocycles. The molecule has 0 aromatic heterocycles. The highest BCUT2D eigenvalue weighted by molar-refractivity contribution is 5.95. The van der Waals surface area contributed by atoms with E-state index in [9.17, 15) is 44.4 Å². The molecular formula is C45H49NO13. The zero-order chi connectivity index (χ0) is 42.7. The van der Waals surface area contributed by atoms with Gasteiger partial charge in [-0.1, -0.05) is 80.6 Å². The molecule has 0 unspecified atom stereocenters. The third-order valence-corrected chi connectivity index (χ3v) is 13.2. The van der Waals surface area contributed by atoms with Crippen molar-refractivity contribution < 1.29 is 63.3 Å². The number of hydrogen-bond acceptors (Lipinski definition) is 13. The van der Waals surface area contributed by atoms with Crippen molar-refractivity contribution in [2.24, 2.45) is 16.7 Å². The number of hydrogen-bond donors (Lipinski definition) is 5. The van der Waals surface area contributed by atoms with Gasteiger partial charge in [-0.25, -0.2) is 9.59 Å². The Bertz CT molecular complexity index is 2160. The number of ketones is 1. The molecule has 14 heteroatoms. The van der Waals surface area contributed by atoms with Crippen LogP contribution in [0.5, 0.6) is 0 Å². The van der Waals surface area contributed by atoms with Gasteiger partial charge in [0.2, 0.25) is 0 Å². The molecule has 3 aromatic carbocycles. The van der Waals surface area contributed by atoms with Crippen LogP contribution in [0.4, 0.5) is 0 Å². The summed E-state index contributed by atoms with van der Waals surface area (Å²) >= 11 is 0. The number of aliphatic hydroxyl groups is 4. The van der Waals surface area contributed by atoms with Gasteiger partial charge in [0.25, 0.3) is 5.91 Å². The first-order chi connectivity index (χ1) is 27.9. The maximum Gasteiger partial charge on any atom is 0.338 e. The fourth-order valence-corrected chi connectivity index (χ4v) is 9.94. The predicted molar refractivity (Wildman–Crippen MR) is 208 cm³/mol. The lowest BCUT2D eigenvalue weighted by Gasteiger charge is -2.67. The predicted octanol–water partition coefficient (Wildman–Crippen LogP) is 3.16. The molecule has 1 amide bonds. The van der Waals surface area contributed by atoms with Crippen LogP contribution in [0.2, 0.25) is 0 Å². The highest BCUT2D eigenvalue weighted by atomic mass is 16.6. The van der Waals surface area contributed by atoms with Crippen molar-refractivity contribution in [2.45, 2.75) is 101 Å². The Kier molecular flexibility index (Phi) is 10.9. The number of Topliss-reactive ketones (excluding diaryl/α,β-unsaturated/α-hetero) is 1. The minimum absolute atomic E-state index is 0.0540. The molecule has 3 fully saturated rings. The largest absolute Gasteiger partial charge is 0.456 e. The normalized spacial score (nSPS) is 33.0. The Morgan fingerprint density at radius 3 is 2.00 bits per heavy atom. The van der Waals surface area contributed by atoms with Crippen LogP contribution in [0.3, 0.4) is 0 Å². The third-order valence-electron chi connectivity index (χ3n) is 13.2. The molecule has 1 saturated heterocycles. The zero-order valence-corrected chi connectivity index (χ0v) is 33.4. The fourth-order valence-electron chi connectivity index (χ4n) is 9.94. The highest BCUT2D eigenvalue weighted by Crippen LogP contribution is 2.64. The summed E-state index contributed by atoms with van der Waals surface area (Å²) < 4.78 is 24.2. The van der Waals surface area contributed by atoms with E-state index in [-0.39, 0.29) is 35.3 Å². The van der Waals surface area contributed by atoms with Crippen LogP contribution in [0.15, 0.2) is 102 Å². The molecule has 14 nitrogen and oxygen atoms in total. The first-order valence-corrected chi connectivity index (χ1v) is 19.6. The number of aliphatic hydroxyl groups excluding tert-OH is 3. The van der Waals surface area contributed by atoms with Crippen molar-refractivity contribution in [2.75, 3.05) is 6.61 Å². The second kappa shape index (κ2) is 15.4. The number of nitrogens with one attached hydrogen (secondary N) is 1. The van der Waals surface area contributed by atoms with Crippen LogP contribution >= 0.6 is 0 Å². The van der Waals surface area contributed by atoms with Crippen molar-refractivity contribution in [3.8, 4) is 0 Å². The molecule has 2 bridgehead atoms. The van der Waals surface area contributed by atoms with Crippen LogP contribution in [0.25, 0.3) is 0 Å². The maximum atomic E-state index is 15.0. The van der Waals surface area contributed by atoms with E-state index in [2.05, 4.69) is 5.32 Å². The number of amides is 1. The van der Waals surface area contributed by atoms with Crippen molar-refractivity contribution in [1.82, 2.24) is 5.32 Å². The Labute approximate surface area is 341 Å². The summed E-state index contributed by atoms with van der Waals surface area (Å²) in [4.78, 5) is 69.5. The van der Waals surface area contributed by atoms with E-state index >= 15 is 0 Å². The van der Waals surface area contributed by atoms with Crippen LogP contribution in [-0.4, -0.2) is 104 Å². The van der Waals surface area contributed by atoms with E-state index in [4.69, 9.17) is 18.9 Å². The Hall–Kier alpha value is -5.25. The Morgan fingerprint density at radius 2 is 1.44 bits per heavy atom. The molecule has 4 aliphatic rings. The van der Waals surface area contributed by atoms with E-state index < -0.39 is 107 Å². The topological polar surface area (TPSA) is 215 Å². The molecular weight excluding hydrogens is 762 g/mol. The molecule has 3 aliphatic carbocycles. The van der Waals surface area contributed by atoms with E-state index in [1.54, 1.807) is 92.7 Å². The molecule has 1 heterocycles. The van der Waals surface area contributed by atoms with Gasteiger partial charge in [-0.05, 0) is 54.8 Å². The van der Waals surface area contributed by atoms with Gasteiger partial charge in [0.05, 0.1) is 35.6 Å².